The molecule has 2 aliphatic heterocycles. The van der Waals surface area contributed by atoms with Crippen molar-refractivity contribution in [1.29, 1.82) is 0 Å². The number of nitrogens with zero attached hydrogens (tertiary/aromatic N) is 5. The minimum atomic E-state index is -0.806. The van der Waals surface area contributed by atoms with Gasteiger partial charge in [0.15, 0.2) is 0 Å². The molecule has 2 fully saturated rings. The van der Waals surface area contributed by atoms with Crippen LogP contribution in [0.3, 0.4) is 0 Å². The molecule has 2 aliphatic rings. The molecule has 7 heteroatoms. The normalized spacial score (nSPS) is 27.4. The second-order valence-electron chi connectivity index (χ2n) is 8.01. The number of aryl methyl sites for hydroxylation is 1. The van der Waals surface area contributed by atoms with Gasteiger partial charge >= 0.3 is 0 Å². The van der Waals surface area contributed by atoms with Crippen molar-refractivity contribution in [2.24, 2.45) is 7.05 Å². The van der Waals surface area contributed by atoms with Crippen molar-refractivity contribution in [3.8, 4) is 0 Å². The number of hydrogen-bond donors (Lipinski definition) is 1. The minimum Gasteiger partial charge on any atom is -0.388 e. The van der Waals surface area contributed by atoms with Crippen LogP contribution in [-0.4, -0.2) is 52.9 Å². The van der Waals surface area contributed by atoms with Crippen LogP contribution in [0.1, 0.15) is 36.0 Å². The Morgan fingerprint density at radius 2 is 2.04 bits per heavy atom. The Labute approximate surface area is 157 Å². The molecule has 0 aliphatic carbocycles. The summed E-state index contributed by atoms with van der Waals surface area (Å²) >= 11 is 0. The van der Waals surface area contributed by atoms with Crippen LogP contribution < -0.4 is 0 Å². The van der Waals surface area contributed by atoms with Crippen LogP contribution in [0.2, 0.25) is 0 Å². The monoisotopic (exact) mass is 365 g/mol. The zero-order valence-electron chi connectivity index (χ0n) is 15.3. The Morgan fingerprint density at radius 3 is 2.74 bits per heavy atom. The number of aliphatic hydroxyl groups is 1. The first-order valence-electron chi connectivity index (χ1n) is 9.45. The van der Waals surface area contributed by atoms with Gasteiger partial charge in [0.2, 0.25) is 0 Å². The summed E-state index contributed by atoms with van der Waals surface area (Å²) in [5, 5.41) is 16.6. The van der Waals surface area contributed by atoms with Gasteiger partial charge in [-0.15, -0.1) is 0 Å². The average Bonchev–Trinajstić information content (AvgIpc) is 3.32. The molecule has 2 bridgehead atoms. The van der Waals surface area contributed by atoms with Gasteiger partial charge in [0.25, 0.3) is 5.91 Å². The maximum absolute atomic E-state index is 13.0. The number of amides is 1. The summed E-state index contributed by atoms with van der Waals surface area (Å²) in [6.07, 6.45) is 12.1. The van der Waals surface area contributed by atoms with E-state index in [-0.39, 0.29) is 18.0 Å². The highest BCUT2D eigenvalue weighted by Gasteiger charge is 2.49. The van der Waals surface area contributed by atoms with E-state index in [0.29, 0.717) is 24.9 Å². The van der Waals surface area contributed by atoms with Crippen molar-refractivity contribution in [2.75, 3.05) is 0 Å². The predicted octanol–water partition coefficient (Wildman–Crippen LogP) is 1.97. The van der Waals surface area contributed by atoms with E-state index in [0.717, 1.165) is 23.7 Å². The number of aromatic nitrogens is 4. The summed E-state index contributed by atoms with van der Waals surface area (Å²) in [7, 11) is 1.82. The Bertz CT molecular complexity index is 993. The molecule has 0 aromatic carbocycles. The van der Waals surface area contributed by atoms with Crippen LogP contribution in [0, 0.1) is 0 Å². The van der Waals surface area contributed by atoms with Crippen molar-refractivity contribution < 1.29 is 9.90 Å². The van der Waals surface area contributed by atoms with E-state index in [9.17, 15) is 9.90 Å². The third-order valence-corrected chi connectivity index (χ3v) is 6.08. The number of fused-ring (bicyclic) bond motifs is 3. The van der Waals surface area contributed by atoms with E-state index < -0.39 is 5.60 Å². The van der Waals surface area contributed by atoms with E-state index in [1.165, 1.54) is 0 Å². The molecule has 0 saturated carbocycles. The van der Waals surface area contributed by atoms with E-state index in [1.54, 1.807) is 23.3 Å². The van der Waals surface area contributed by atoms with Gasteiger partial charge in [0.05, 0.1) is 35.6 Å². The van der Waals surface area contributed by atoms with Crippen molar-refractivity contribution in [2.45, 2.75) is 49.9 Å². The molecular weight excluding hydrogens is 342 g/mol. The molecule has 0 spiro atoms. The molecule has 2 saturated heterocycles. The van der Waals surface area contributed by atoms with Crippen molar-refractivity contribution in [3.05, 3.63) is 48.7 Å². The fourth-order valence-electron chi connectivity index (χ4n) is 4.95. The number of carbonyl (C=O) groups is 1. The van der Waals surface area contributed by atoms with Crippen LogP contribution in [0.15, 0.2) is 43.1 Å². The first-order chi connectivity index (χ1) is 13.0. The molecule has 27 heavy (non-hydrogen) atoms. The topological polar surface area (TPSA) is 76.2 Å². The molecule has 140 valence electrons. The Kier molecular flexibility index (Phi) is 3.62. The van der Waals surface area contributed by atoms with Crippen LogP contribution in [0.5, 0.6) is 0 Å². The third-order valence-electron chi connectivity index (χ3n) is 6.08. The highest BCUT2D eigenvalue weighted by atomic mass is 16.3. The number of pyridine rings is 1. The predicted molar refractivity (Wildman–Crippen MR) is 100 cm³/mol. The van der Waals surface area contributed by atoms with Gasteiger partial charge in [0, 0.05) is 43.1 Å². The molecule has 5 rings (SSSR count). The number of rotatable bonds is 3. The fraction of sp³-hybridized carbons (Fsp3) is 0.450. The lowest BCUT2D eigenvalue weighted by atomic mass is 9.85. The number of piperidine rings is 1. The molecule has 5 heterocycles. The van der Waals surface area contributed by atoms with Crippen LogP contribution in [0.4, 0.5) is 0 Å². The Hall–Kier alpha value is -2.67. The third kappa shape index (κ3) is 2.73. The summed E-state index contributed by atoms with van der Waals surface area (Å²) in [5.74, 6) is 0.0354. The lowest BCUT2D eigenvalue weighted by molar-refractivity contribution is -0.0533. The number of hydrogen-bond acceptors (Lipinski definition) is 4. The Morgan fingerprint density at radius 1 is 1.26 bits per heavy atom. The SMILES string of the molecule is Cn1cc(C(=O)N2[C@@H]3CC[C@H]2CC(O)(Cn2ccc4ccncc42)C3)cn1. The first kappa shape index (κ1) is 16.5. The van der Waals surface area contributed by atoms with Crippen molar-refractivity contribution in [1.82, 2.24) is 24.2 Å². The second-order valence-corrected chi connectivity index (χ2v) is 8.01. The zero-order valence-corrected chi connectivity index (χ0v) is 15.3. The fourth-order valence-corrected chi connectivity index (χ4v) is 4.95. The molecule has 7 nitrogen and oxygen atoms in total. The van der Waals surface area contributed by atoms with Crippen LogP contribution >= 0.6 is 0 Å². The molecule has 3 atom stereocenters. The van der Waals surface area contributed by atoms with Crippen molar-refractivity contribution >= 4 is 16.8 Å². The van der Waals surface area contributed by atoms with E-state index >= 15 is 0 Å². The van der Waals surface area contributed by atoms with Gasteiger partial charge in [0.1, 0.15) is 0 Å². The molecule has 1 amide bonds. The molecule has 3 aromatic heterocycles. The molecule has 0 radical (unpaired) electrons. The first-order valence-corrected chi connectivity index (χ1v) is 9.45. The van der Waals surface area contributed by atoms with Gasteiger partial charge in [-0.05, 0) is 37.8 Å². The van der Waals surface area contributed by atoms with E-state index in [1.807, 2.05) is 30.4 Å². The quantitative estimate of drug-likeness (QED) is 0.770. The largest absolute Gasteiger partial charge is 0.388 e. The lowest BCUT2D eigenvalue weighted by Gasteiger charge is -2.44. The van der Waals surface area contributed by atoms with Gasteiger partial charge in [-0.25, -0.2) is 0 Å². The van der Waals surface area contributed by atoms with Gasteiger partial charge in [-0.1, -0.05) is 0 Å². The van der Waals surface area contributed by atoms with Gasteiger partial charge < -0.3 is 14.6 Å². The second kappa shape index (κ2) is 5.92. The van der Waals surface area contributed by atoms with E-state index in [2.05, 4.69) is 20.7 Å². The summed E-state index contributed by atoms with van der Waals surface area (Å²) in [4.78, 5) is 19.2. The Balaban J connectivity index is 1.38. The average molecular weight is 365 g/mol. The zero-order chi connectivity index (χ0) is 18.6. The van der Waals surface area contributed by atoms with Crippen LogP contribution in [-0.2, 0) is 13.6 Å². The molecule has 1 N–H and O–H groups in total. The van der Waals surface area contributed by atoms with Crippen molar-refractivity contribution in [3.63, 3.8) is 0 Å². The maximum atomic E-state index is 13.0. The highest BCUT2D eigenvalue weighted by molar-refractivity contribution is 5.94. The molecule has 3 aromatic rings. The standard InChI is InChI=1S/C20H23N5O2/c1-23-12-15(10-22-23)19(26)25-16-2-3-17(25)9-20(27,8-16)13-24-7-5-14-4-6-21-11-18(14)24/h4-7,10-12,16-17,27H,2-3,8-9,13H2,1H3/t16-,17+,20?. The lowest BCUT2D eigenvalue weighted by Crippen LogP contribution is -2.54. The smallest absolute Gasteiger partial charge is 0.257 e. The molecular formula is C20H23N5O2. The van der Waals surface area contributed by atoms with Crippen LogP contribution in [0.25, 0.3) is 10.9 Å². The van der Waals surface area contributed by atoms with E-state index in [4.69, 9.17) is 0 Å². The summed E-state index contributed by atoms with van der Waals surface area (Å²) in [6.45, 7) is 0.532. The number of carbonyl (C=O) groups excluding carboxylic acids is 1. The van der Waals surface area contributed by atoms with Gasteiger partial charge in [-0.2, -0.15) is 5.10 Å². The minimum absolute atomic E-state index is 0.0354. The van der Waals surface area contributed by atoms with Gasteiger partial charge in [-0.3, -0.25) is 14.5 Å². The highest BCUT2D eigenvalue weighted by Crippen LogP contribution is 2.42. The molecule has 1 unspecified atom stereocenters. The summed E-state index contributed by atoms with van der Waals surface area (Å²) < 4.78 is 3.74. The summed E-state index contributed by atoms with van der Waals surface area (Å²) in [5.41, 5.74) is 0.855. The summed E-state index contributed by atoms with van der Waals surface area (Å²) in [6, 6.07) is 4.20. The maximum Gasteiger partial charge on any atom is 0.257 e.